The third-order valence-corrected chi connectivity index (χ3v) is 7.68. The quantitative estimate of drug-likeness (QED) is 0.209. The maximum Gasteiger partial charge on any atom is 0.336 e. The van der Waals surface area contributed by atoms with Gasteiger partial charge in [0.15, 0.2) is 5.82 Å². The van der Waals surface area contributed by atoms with Crippen molar-refractivity contribution in [1.82, 2.24) is 20.0 Å². The van der Waals surface area contributed by atoms with Crippen LogP contribution in [-0.4, -0.2) is 64.0 Å². The lowest BCUT2D eigenvalue weighted by Crippen LogP contribution is -2.50. The van der Waals surface area contributed by atoms with Crippen molar-refractivity contribution in [3.63, 3.8) is 0 Å². The van der Waals surface area contributed by atoms with Gasteiger partial charge in [0.05, 0.1) is 22.4 Å². The number of hydrogen-bond acceptors (Lipinski definition) is 9. The molecule has 4 N–H and O–H groups in total. The maximum atomic E-state index is 13.4. The first kappa shape index (κ1) is 23.1. The van der Waals surface area contributed by atoms with Crippen molar-refractivity contribution in [3.8, 4) is 0 Å². The fourth-order valence-electron chi connectivity index (χ4n) is 5.08. The van der Waals surface area contributed by atoms with Gasteiger partial charge in [0.25, 0.3) is 0 Å². The zero-order chi connectivity index (χ0) is 23.8. The molecule has 2 fully saturated rings. The third kappa shape index (κ3) is 4.18. The number of aromatic nitrogens is 2. The fourth-order valence-corrected chi connectivity index (χ4v) is 5.08. The molecule has 0 radical (unpaired) electrons. The van der Waals surface area contributed by atoms with Gasteiger partial charge in [-0.15, -0.1) is 5.10 Å². The van der Waals surface area contributed by atoms with Gasteiger partial charge in [-0.3, -0.25) is 9.69 Å². The Morgan fingerprint density at radius 3 is 2.52 bits per heavy atom. The van der Waals surface area contributed by atoms with E-state index in [0.29, 0.717) is 24.5 Å². The number of hydrazone groups is 1. The highest BCUT2D eigenvalue weighted by Gasteiger charge is 2.52. The number of cyclic esters (lactones) is 1. The first-order valence-electron chi connectivity index (χ1n) is 11.2. The largest absolute Gasteiger partial charge is 0.456 e. The van der Waals surface area contributed by atoms with Crippen LogP contribution in [-0.2, 0) is 20.9 Å². The molecule has 0 unspecified atom stereocenters. The molecule has 1 aliphatic carbocycles. The number of nitrogens with two attached hydrogens (primary N) is 2. The number of carbonyl (C=O) groups is 2. The number of likely N-dealkylation sites (tertiary alicyclic amines) is 1. The minimum atomic E-state index is -0.337. The predicted molar refractivity (Wildman–Crippen MR) is 122 cm³/mol. The number of hydrogen-bond donors (Lipinski definition) is 2. The molecule has 1 spiro atoms. The van der Waals surface area contributed by atoms with E-state index in [1.807, 2.05) is 6.07 Å². The summed E-state index contributed by atoms with van der Waals surface area (Å²) in [5.74, 6) is 11.1. The van der Waals surface area contributed by atoms with Crippen molar-refractivity contribution in [2.24, 2.45) is 22.2 Å². The van der Waals surface area contributed by atoms with Crippen molar-refractivity contribution in [1.29, 1.82) is 0 Å². The molecule has 0 atom stereocenters. The van der Waals surface area contributed by atoms with Crippen molar-refractivity contribution in [2.45, 2.75) is 58.0 Å². The van der Waals surface area contributed by atoms with E-state index in [-0.39, 0.29) is 29.4 Å². The van der Waals surface area contributed by atoms with E-state index in [4.69, 9.17) is 16.4 Å². The van der Waals surface area contributed by atoms with E-state index in [0.717, 1.165) is 43.5 Å². The van der Waals surface area contributed by atoms with Crippen LogP contribution in [0.15, 0.2) is 28.5 Å². The molecule has 11 heteroatoms. The third-order valence-electron chi connectivity index (χ3n) is 7.68. The molecule has 0 bridgehead atoms. The normalized spacial score (nSPS) is 28.0. The number of hydrazine groups is 1. The van der Waals surface area contributed by atoms with E-state index in [1.165, 1.54) is 11.3 Å². The molecule has 1 aromatic rings. The zero-order valence-electron chi connectivity index (χ0n) is 19.5. The van der Waals surface area contributed by atoms with E-state index in [2.05, 4.69) is 34.2 Å². The Balaban J connectivity index is 1.38. The smallest absolute Gasteiger partial charge is 0.336 e. The number of esters is 1. The summed E-state index contributed by atoms with van der Waals surface area (Å²) in [6, 6.07) is 3.66. The Morgan fingerprint density at radius 1 is 1.21 bits per heavy atom. The number of anilines is 1. The standard InChI is InChI=1S/C22H32N8O3/c1-15-17(13-33-19(15)31)29-11-10-22(20(29)32)8-6-21(2,7-9-22)28(3)12-16-4-5-18(27-26-16)30(24)14-25-23/h4-5,14H,6-13,23-24H2,1-3H3/b25-14-/t21-,22+. The lowest BCUT2D eigenvalue weighted by atomic mass is 9.66. The fraction of sp³-hybridized carbons (Fsp3) is 0.591. The van der Waals surface area contributed by atoms with Gasteiger partial charge < -0.3 is 15.5 Å². The molecular formula is C22H32N8O3. The topological polar surface area (TPSA) is 143 Å². The summed E-state index contributed by atoms with van der Waals surface area (Å²) >= 11 is 0. The number of nitrogens with zero attached hydrogens (tertiary/aromatic N) is 6. The second kappa shape index (κ2) is 8.71. The lowest BCUT2D eigenvalue weighted by Gasteiger charge is -2.47. The number of ether oxygens (including phenoxy) is 1. The van der Waals surface area contributed by atoms with Crippen molar-refractivity contribution in [2.75, 3.05) is 25.2 Å². The number of amides is 1. The molecular weight excluding hydrogens is 424 g/mol. The highest BCUT2D eigenvalue weighted by Crippen LogP contribution is 2.50. The summed E-state index contributed by atoms with van der Waals surface area (Å²) in [4.78, 5) is 29.2. The Hall–Kier alpha value is -3.05. The molecule has 4 rings (SSSR count). The van der Waals surface area contributed by atoms with Gasteiger partial charge in [-0.25, -0.2) is 15.6 Å². The highest BCUT2D eigenvalue weighted by molar-refractivity contribution is 5.94. The highest BCUT2D eigenvalue weighted by atomic mass is 16.5. The van der Waals surface area contributed by atoms with E-state index < -0.39 is 0 Å². The second-order valence-corrected chi connectivity index (χ2v) is 9.54. The van der Waals surface area contributed by atoms with Crippen LogP contribution >= 0.6 is 0 Å². The van der Waals surface area contributed by atoms with Gasteiger partial charge in [-0.1, -0.05) is 0 Å². The molecule has 0 aromatic carbocycles. The van der Waals surface area contributed by atoms with Crippen LogP contribution in [0.5, 0.6) is 0 Å². The molecule has 2 aliphatic heterocycles. The summed E-state index contributed by atoms with van der Waals surface area (Å²) < 4.78 is 5.12. The van der Waals surface area contributed by atoms with Crippen LogP contribution in [0.25, 0.3) is 0 Å². The van der Waals surface area contributed by atoms with Crippen molar-refractivity contribution >= 4 is 24.0 Å². The lowest BCUT2D eigenvalue weighted by molar-refractivity contribution is -0.139. The van der Waals surface area contributed by atoms with Gasteiger partial charge in [0.1, 0.15) is 12.9 Å². The van der Waals surface area contributed by atoms with Gasteiger partial charge in [0, 0.05) is 18.6 Å². The monoisotopic (exact) mass is 456 g/mol. The Bertz CT molecular complexity index is 982. The van der Waals surface area contributed by atoms with E-state index in [9.17, 15) is 9.59 Å². The Labute approximate surface area is 193 Å². The van der Waals surface area contributed by atoms with Crippen LogP contribution in [0.3, 0.4) is 0 Å². The average Bonchev–Trinajstić information content (AvgIpc) is 3.30. The summed E-state index contributed by atoms with van der Waals surface area (Å²) in [5, 5.41) is 13.0. The van der Waals surface area contributed by atoms with E-state index in [1.54, 1.807) is 17.9 Å². The van der Waals surface area contributed by atoms with Crippen molar-refractivity contribution < 1.29 is 14.3 Å². The van der Waals surface area contributed by atoms with Crippen LogP contribution in [0, 0.1) is 5.41 Å². The Morgan fingerprint density at radius 2 is 1.94 bits per heavy atom. The zero-order valence-corrected chi connectivity index (χ0v) is 19.5. The number of rotatable bonds is 6. The van der Waals surface area contributed by atoms with Crippen LogP contribution in [0.1, 0.15) is 51.6 Å². The molecule has 178 valence electrons. The minimum absolute atomic E-state index is 0.0486. The molecule has 1 amide bonds. The Kier molecular flexibility index (Phi) is 6.10. The summed E-state index contributed by atoms with van der Waals surface area (Å²) in [7, 11) is 2.09. The van der Waals surface area contributed by atoms with E-state index >= 15 is 0 Å². The second-order valence-electron chi connectivity index (χ2n) is 9.54. The summed E-state index contributed by atoms with van der Waals surface area (Å²) in [6.07, 6.45) is 5.56. The molecule has 11 nitrogen and oxygen atoms in total. The number of carbonyl (C=O) groups excluding carboxylic acids is 2. The average molecular weight is 457 g/mol. The van der Waals surface area contributed by atoms with Gasteiger partial charge in [-0.05, 0) is 65.1 Å². The van der Waals surface area contributed by atoms with Crippen LogP contribution in [0.4, 0.5) is 5.82 Å². The molecule has 33 heavy (non-hydrogen) atoms. The first-order valence-corrected chi connectivity index (χ1v) is 11.2. The summed E-state index contributed by atoms with van der Waals surface area (Å²) in [6.45, 7) is 5.48. The molecule has 1 aromatic heterocycles. The minimum Gasteiger partial charge on any atom is -0.456 e. The van der Waals surface area contributed by atoms with Crippen LogP contribution in [0.2, 0.25) is 0 Å². The maximum absolute atomic E-state index is 13.4. The van der Waals surface area contributed by atoms with Gasteiger partial charge in [-0.2, -0.15) is 10.2 Å². The molecule has 3 heterocycles. The van der Waals surface area contributed by atoms with Gasteiger partial charge >= 0.3 is 5.97 Å². The van der Waals surface area contributed by atoms with Crippen molar-refractivity contribution in [3.05, 3.63) is 29.1 Å². The van der Waals surface area contributed by atoms with Gasteiger partial charge in [0.2, 0.25) is 5.91 Å². The first-order chi connectivity index (χ1) is 15.7. The molecule has 1 saturated carbocycles. The molecule has 1 saturated heterocycles. The van der Waals surface area contributed by atoms with Crippen LogP contribution < -0.4 is 16.7 Å². The molecule has 3 aliphatic rings. The predicted octanol–water partition coefficient (Wildman–Crippen LogP) is 0.873. The SMILES string of the molecule is CC1=C(N2CC[C@]3(CC[C@](C)(N(C)Cc4ccc(N(N)/C=N\N)nn4)CC3)C2=O)COC1=O. The summed E-state index contributed by atoms with van der Waals surface area (Å²) in [5.41, 5.74) is 1.74.